The number of carbonyl (C=O) groups is 2. The summed E-state index contributed by atoms with van der Waals surface area (Å²) in [6, 6.07) is 3.24. The van der Waals surface area contributed by atoms with Crippen LogP contribution in [0.2, 0.25) is 0 Å². The van der Waals surface area contributed by atoms with Crippen LogP contribution in [0.1, 0.15) is 23.6 Å². The summed E-state index contributed by atoms with van der Waals surface area (Å²) in [7, 11) is 0. The zero-order valence-electron chi connectivity index (χ0n) is 12.2. The number of thioether (sulfide) groups is 1. The fourth-order valence-corrected chi connectivity index (χ4v) is 3.08. The second-order valence-corrected chi connectivity index (χ2v) is 6.02. The van der Waals surface area contributed by atoms with Crippen LogP contribution in [0.4, 0.5) is 4.79 Å². The molecule has 5 heteroatoms. The van der Waals surface area contributed by atoms with E-state index >= 15 is 0 Å². The third-order valence-electron chi connectivity index (χ3n) is 3.38. The van der Waals surface area contributed by atoms with Gasteiger partial charge < -0.3 is 5.11 Å². The number of nitrogens with zero attached hydrogens (tertiary/aromatic N) is 1. The SMILES string of the molecule is C=CC(C)N1C(=O)SC(=Cc2cc(C)c(O)c(C)c2)C1=O. The summed E-state index contributed by atoms with van der Waals surface area (Å²) in [4.78, 5) is 25.8. The van der Waals surface area contributed by atoms with Gasteiger partial charge in [0.05, 0.1) is 10.9 Å². The van der Waals surface area contributed by atoms with Crippen molar-refractivity contribution in [1.82, 2.24) is 4.90 Å². The van der Waals surface area contributed by atoms with Crippen molar-refractivity contribution in [2.24, 2.45) is 0 Å². The van der Waals surface area contributed by atoms with Crippen LogP contribution in [0, 0.1) is 13.8 Å². The number of hydrogen-bond acceptors (Lipinski definition) is 4. The van der Waals surface area contributed by atoms with E-state index in [9.17, 15) is 14.7 Å². The lowest BCUT2D eigenvalue weighted by Crippen LogP contribution is -2.35. The molecule has 1 fully saturated rings. The predicted molar refractivity (Wildman–Crippen MR) is 85.0 cm³/mol. The summed E-state index contributed by atoms with van der Waals surface area (Å²) in [5.74, 6) is -0.0543. The van der Waals surface area contributed by atoms with Crippen LogP contribution in [0.25, 0.3) is 6.08 Å². The van der Waals surface area contributed by atoms with Crippen molar-refractivity contribution in [2.45, 2.75) is 26.8 Å². The van der Waals surface area contributed by atoms with E-state index in [1.165, 1.54) is 4.90 Å². The molecule has 21 heavy (non-hydrogen) atoms. The molecule has 1 aliphatic heterocycles. The first kappa shape index (κ1) is 15.4. The molecular weight excluding hydrogens is 286 g/mol. The van der Waals surface area contributed by atoms with Crippen molar-refractivity contribution < 1.29 is 14.7 Å². The van der Waals surface area contributed by atoms with Gasteiger partial charge in [-0.1, -0.05) is 6.08 Å². The Bertz CT molecular complexity index is 640. The monoisotopic (exact) mass is 303 g/mol. The van der Waals surface area contributed by atoms with Crippen molar-refractivity contribution >= 4 is 29.0 Å². The van der Waals surface area contributed by atoms with Gasteiger partial charge in [-0.3, -0.25) is 14.5 Å². The van der Waals surface area contributed by atoms with Crippen LogP contribution in [0.5, 0.6) is 5.75 Å². The van der Waals surface area contributed by atoms with Gasteiger partial charge >= 0.3 is 0 Å². The first-order valence-corrected chi connectivity index (χ1v) is 7.36. The van der Waals surface area contributed by atoms with Gasteiger partial charge in [0, 0.05) is 0 Å². The first-order valence-electron chi connectivity index (χ1n) is 6.55. The molecule has 1 unspecified atom stereocenters. The minimum atomic E-state index is -0.327. The van der Waals surface area contributed by atoms with Crippen LogP contribution in [-0.4, -0.2) is 27.2 Å². The van der Waals surface area contributed by atoms with Crippen molar-refractivity contribution in [3.8, 4) is 5.75 Å². The highest BCUT2D eigenvalue weighted by atomic mass is 32.2. The number of phenols is 1. The predicted octanol–water partition coefficient (Wildman–Crippen LogP) is 3.62. The highest BCUT2D eigenvalue weighted by Crippen LogP contribution is 2.34. The Labute approximate surface area is 128 Å². The number of benzene rings is 1. The number of phenolic OH excluding ortho intramolecular Hbond substituents is 1. The number of aryl methyl sites for hydroxylation is 2. The summed E-state index contributed by atoms with van der Waals surface area (Å²) in [6.45, 7) is 8.96. The molecule has 2 amide bonds. The van der Waals surface area contributed by atoms with E-state index in [0.717, 1.165) is 28.5 Å². The van der Waals surface area contributed by atoms with Gasteiger partial charge in [-0.15, -0.1) is 6.58 Å². The van der Waals surface area contributed by atoms with Gasteiger partial charge in [-0.2, -0.15) is 0 Å². The van der Waals surface area contributed by atoms with E-state index in [2.05, 4.69) is 6.58 Å². The summed E-state index contributed by atoms with van der Waals surface area (Å²) in [5, 5.41) is 9.48. The molecule has 0 aromatic heterocycles. The van der Waals surface area contributed by atoms with Crippen LogP contribution in [0.15, 0.2) is 29.7 Å². The number of aromatic hydroxyl groups is 1. The Morgan fingerprint density at radius 2 is 1.86 bits per heavy atom. The van der Waals surface area contributed by atoms with E-state index < -0.39 is 0 Å². The van der Waals surface area contributed by atoms with E-state index in [1.807, 2.05) is 0 Å². The number of imide groups is 1. The second kappa shape index (κ2) is 5.77. The Morgan fingerprint density at radius 1 is 1.29 bits per heavy atom. The molecular formula is C16H17NO3S. The molecule has 0 saturated carbocycles. The fraction of sp³-hybridized carbons (Fsp3) is 0.250. The van der Waals surface area contributed by atoms with Crippen LogP contribution in [-0.2, 0) is 4.79 Å². The maximum atomic E-state index is 12.3. The first-order chi connectivity index (χ1) is 9.85. The fourth-order valence-electron chi connectivity index (χ4n) is 2.16. The highest BCUT2D eigenvalue weighted by Gasteiger charge is 2.37. The van der Waals surface area contributed by atoms with Gasteiger partial charge in [0.1, 0.15) is 5.75 Å². The quantitative estimate of drug-likeness (QED) is 0.684. The molecule has 1 saturated heterocycles. The van der Waals surface area contributed by atoms with Crippen molar-refractivity contribution in [2.75, 3.05) is 0 Å². The lowest BCUT2D eigenvalue weighted by Gasteiger charge is -2.17. The van der Waals surface area contributed by atoms with Crippen molar-refractivity contribution in [3.05, 3.63) is 46.4 Å². The smallest absolute Gasteiger partial charge is 0.294 e. The Hall–Kier alpha value is -2.01. The van der Waals surface area contributed by atoms with E-state index in [0.29, 0.717) is 4.91 Å². The third-order valence-corrected chi connectivity index (χ3v) is 4.27. The zero-order chi connectivity index (χ0) is 15.7. The number of rotatable bonds is 3. The molecule has 1 atom stereocenters. The molecule has 110 valence electrons. The second-order valence-electron chi connectivity index (χ2n) is 5.03. The molecule has 1 N–H and O–H groups in total. The van der Waals surface area contributed by atoms with Crippen LogP contribution < -0.4 is 0 Å². The molecule has 1 aliphatic rings. The molecule has 0 bridgehead atoms. The molecule has 4 nitrogen and oxygen atoms in total. The van der Waals surface area contributed by atoms with Crippen molar-refractivity contribution in [3.63, 3.8) is 0 Å². The average molecular weight is 303 g/mol. The average Bonchev–Trinajstić information content (AvgIpc) is 2.70. The maximum Gasteiger partial charge on any atom is 0.294 e. The molecule has 0 radical (unpaired) electrons. The molecule has 1 aromatic rings. The number of hydrogen-bond donors (Lipinski definition) is 1. The van der Waals surface area contributed by atoms with E-state index in [4.69, 9.17) is 0 Å². The van der Waals surface area contributed by atoms with Crippen LogP contribution in [0.3, 0.4) is 0 Å². The minimum absolute atomic E-state index is 0.250. The van der Waals surface area contributed by atoms with Crippen LogP contribution >= 0.6 is 11.8 Å². The number of carbonyl (C=O) groups excluding carboxylic acids is 2. The highest BCUT2D eigenvalue weighted by molar-refractivity contribution is 8.18. The third kappa shape index (κ3) is 2.88. The van der Waals surface area contributed by atoms with Gasteiger partial charge in [-0.05, 0) is 67.4 Å². The summed E-state index contributed by atoms with van der Waals surface area (Å²) in [6.07, 6.45) is 3.24. The zero-order valence-corrected chi connectivity index (χ0v) is 13.0. The van der Waals surface area contributed by atoms with Gasteiger partial charge in [0.2, 0.25) is 0 Å². The van der Waals surface area contributed by atoms with Gasteiger partial charge in [0.15, 0.2) is 0 Å². The molecule has 1 aromatic carbocycles. The lowest BCUT2D eigenvalue weighted by molar-refractivity contribution is -0.123. The largest absolute Gasteiger partial charge is 0.507 e. The minimum Gasteiger partial charge on any atom is -0.507 e. The van der Waals surface area contributed by atoms with Gasteiger partial charge in [0.25, 0.3) is 11.1 Å². The topological polar surface area (TPSA) is 57.6 Å². The normalized spacial score (nSPS) is 18.4. The summed E-state index contributed by atoms with van der Waals surface area (Å²) >= 11 is 0.925. The molecule has 0 aliphatic carbocycles. The Kier molecular flexibility index (Phi) is 4.23. The standard InChI is InChI=1S/C16H17NO3S/c1-5-11(4)17-15(19)13(21-16(17)20)8-12-6-9(2)14(18)10(3)7-12/h5-8,11,18H,1H2,2-4H3. The van der Waals surface area contributed by atoms with Crippen molar-refractivity contribution in [1.29, 1.82) is 0 Å². The Balaban J connectivity index is 2.37. The Morgan fingerprint density at radius 3 is 2.38 bits per heavy atom. The molecule has 0 spiro atoms. The molecule has 2 rings (SSSR count). The lowest BCUT2D eigenvalue weighted by atomic mass is 10.1. The molecule has 1 heterocycles. The number of amides is 2. The maximum absolute atomic E-state index is 12.3. The summed E-state index contributed by atoms with van der Waals surface area (Å²) < 4.78 is 0. The summed E-state index contributed by atoms with van der Waals surface area (Å²) in [5.41, 5.74) is 2.26. The van der Waals surface area contributed by atoms with Gasteiger partial charge in [-0.25, -0.2) is 0 Å². The van der Waals surface area contributed by atoms with E-state index in [1.54, 1.807) is 45.1 Å². The van der Waals surface area contributed by atoms with E-state index in [-0.39, 0.29) is 22.9 Å².